The lowest BCUT2D eigenvalue weighted by Gasteiger charge is -2.28. The quantitative estimate of drug-likeness (QED) is 0.802. The summed E-state index contributed by atoms with van der Waals surface area (Å²) in [5.74, 6) is -1.24. The second-order valence-electron chi connectivity index (χ2n) is 4.75. The molecule has 2 rings (SSSR count). The minimum absolute atomic E-state index is 0.0297. The number of rotatable bonds is 5. The lowest BCUT2D eigenvalue weighted by molar-refractivity contribution is -0.137. The van der Waals surface area contributed by atoms with Crippen molar-refractivity contribution in [2.24, 2.45) is 0 Å². The Hall–Kier alpha value is -1.57. The molecule has 0 saturated heterocycles. The number of anilines is 1. The van der Waals surface area contributed by atoms with Gasteiger partial charge in [0.2, 0.25) is 0 Å². The average Bonchev–Trinajstić information content (AvgIpc) is 2.49. The Kier molecular flexibility index (Phi) is 5.33. The minimum atomic E-state index is -4.05. The van der Waals surface area contributed by atoms with Gasteiger partial charge in [0.15, 0.2) is 0 Å². The van der Waals surface area contributed by atoms with Gasteiger partial charge in [-0.1, -0.05) is 27.5 Å². The Balaban J connectivity index is 2.58. The molecular formula is C15H13BrClNO4S. The standard InChI is InChI=1S/C15H13BrClNO4S/c1-10(15(19)20)18(13-6-2-11(16)3-7-13)23(21,22)14-8-4-12(17)5-9-14/h2-10H,1H3,(H,19,20). The molecule has 23 heavy (non-hydrogen) atoms. The van der Waals surface area contributed by atoms with Crippen LogP contribution in [0, 0.1) is 0 Å². The number of hydrogen-bond acceptors (Lipinski definition) is 3. The molecule has 0 spiro atoms. The molecule has 5 nitrogen and oxygen atoms in total. The summed E-state index contributed by atoms with van der Waals surface area (Å²) in [7, 11) is -4.05. The second-order valence-corrected chi connectivity index (χ2v) is 7.91. The zero-order chi connectivity index (χ0) is 17.2. The van der Waals surface area contributed by atoms with Gasteiger partial charge in [0.25, 0.3) is 10.0 Å². The number of carboxylic acid groups (broad SMARTS) is 1. The summed E-state index contributed by atoms with van der Waals surface area (Å²) in [6.07, 6.45) is 0. The summed E-state index contributed by atoms with van der Waals surface area (Å²) in [6, 6.07) is 10.7. The lowest BCUT2D eigenvalue weighted by Crippen LogP contribution is -2.43. The van der Waals surface area contributed by atoms with Crippen molar-refractivity contribution in [1.29, 1.82) is 0 Å². The number of carbonyl (C=O) groups is 1. The van der Waals surface area contributed by atoms with Crippen molar-refractivity contribution in [3.63, 3.8) is 0 Å². The normalized spacial score (nSPS) is 12.7. The third-order valence-electron chi connectivity index (χ3n) is 3.16. The molecule has 0 aromatic heterocycles. The van der Waals surface area contributed by atoms with Crippen LogP contribution in [0.4, 0.5) is 5.69 Å². The van der Waals surface area contributed by atoms with Gasteiger partial charge >= 0.3 is 5.97 Å². The number of halogens is 2. The molecule has 1 unspecified atom stereocenters. The van der Waals surface area contributed by atoms with Gasteiger partial charge in [0.05, 0.1) is 10.6 Å². The summed E-state index contributed by atoms with van der Waals surface area (Å²) in [4.78, 5) is 11.3. The highest BCUT2D eigenvalue weighted by atomic mass is 79.9. The SMILES string of the molecule is CC(C(=O)O)N(c1ccc(Br)cc1)S(=O)(=O)c1ccc(Cl)cc1. The van der Waals surface area contributed by atoms with E-state index in [1.54, 1.807) is 12.1 Å². The van der Waals surface area contributed by atoms with Gasteiger partial charge in [-0.25, -0.2) is 13.2 Å². The first-order valence-electron chi connectivity index (χ1n) is 6.52. The predicted octanol–water partition coefficient (Wildman–Crippen LogP) is 3.77. The zero-order valence-electron chi connectivity index (χ0n) is 12.0. The van der Waals surface area contributed by atoms with Crippen molar-refractivity contribution >= 4 is 49.2 Å². The molecule has 1 atom stereocenters. The first-order chi connectivity index (χ1) is 10.7. The summed E-state index contributed by atoms with van der Waals surface area (Å²) >= 11 is 9.05. The monoisotopic (exact) mass is 417 g/mol. The fraction of sp³-hybridized carbons (Fsp3) is 0.133. The largest absolute Gasteiger partial charge is 0.480 e. The van der Waals surface area contributed by atoms with E-state index in [2.05, 4.69) is 15.9 Å². The Morgan fingerprint density at radius 1 is 1.13 bits per heavy atom. The Labute approximate surface area is 147 Å². The van der Waals surface area contributed by atoms with Crippen LogP contribution in [-0.4, -0.2) is 25.5 Å². The molecule has 0 aliphatic rings. The zero-order valence-corrected chi connectivity index (χ0v) is 15.1. The predicted molar refractivity (Wildman–Crippen MR) is 92.4 cm³/mol. The van der Waals surface area contributed by atoms with E-state index in [9.17, 15) is 18.3 Å². The maximum absolute atomic E-state index is 12.9. The van der Waals surface area contributed by atoms with E-state index in [4.69, 9.17) is 11.6 Å². The third kappa shape index (κ3) is 3.85. The Bertz CT molecular complexity index is 806. The fourth-order valence-electron chi connectivity index (χ4n) is 1.98. The van der Waals surface area contributed by atoms with E-state index in [-0.39, 0.29) is 10.6 Å². The van der Waals surface area contributed by atoms with Gasteiger partial charge in [-0.3, -0.25) is 4.31 Å². The van der Waals surface area contributed by atoms with Crippen LogP contribution in [0.1, 0.15) is 6.92 Å². The molecule has 0 saturated carbocycles. The number of benzene rings is 2. The molecule has 0 fully saturated rings. The lowest BCUT2D eigenvalue weighted by atomic mass is 10.2. The molecule has 0 heterocycles. The van der Waals surface area contributed by atoms with Crippen LogP contribution in [0.2, 0.25) is 5.02 Å². The van der Waals surface area contributed by atoms with Crippen molar-refractivity contribution in [2.45, 2.75) is 17.9 Å². The van der Waals surface area contributed by atoms with E-state index in [0.717, 1.165) is 8.78 Å². The minimum Gasteiger partial charge on any atom is -0.480 e. The molecule has 0 aliphatic heterocycles. The van der Waals surface area contributed by atoms with Gasteiger partial charge < -0.3 is 5.11 Å². The summed E-state index contributed by atoms with van der Waals surface area (Å²) in [5.41, 5.74) is 0.262. The van der Waals surface area contributed by atoms with Crippen LogP contribution in [0.5, 0.6) is 0 Å². The maximum atomic E-state index is 12.9. The topological polar surface area (TPSA) is 74.7 Å². The first-order valence-corrected chi connectivity index (χ1v) is 9.13. The highest BCUT2D eigenvalue weighted by Crippen LogP contribution is 2.28. The molecular weight excluding hydrogens is 406 g/mol. The van der Waals surface area contributed by atoms with Crippen molar-refractivity contribution in [1.82, 2.24) is 0 Å². The number of hydrogen-bond donors (Lipinski definition) is 1. The van der Waals surface area contributed by atoms with Crippen LogP contribution in [-0.2, 0) is 14.8 Å². The average molecular weight is 419 g/mol. The van der Waals surface area contributed by atoms with Crippen molar-refractivity contribution in [2.75, 3.05) is 4.31 Å². The highest BCUT2D eigenvalue weighted by molar-refractivity contribution is 9.10. The molecule has 1 N–H and O–H groups in total. The summed E-state index contributed by atoms with van der Waals surface area (Å²) in [6.45, 7) is 1.32. The Morgan fingerprint density at radius 2 is 1.65 bits per heavy atom. The third-order valence-corrected chi connectivity index (χ3v) is 5.85. The van der Waals surface area contributed by atoms with Gasteiger partial charge in [-0.2, -0.15) is 0 Å². The number of aliphatic carboxylic acids is 1. The van der Waals surface area contributed by atoms with Crippen LogP contribution in [0.15, 0.2) is 57.9 Å². The molecule has 8 heteroatoms. The molecule has 2 aromatic rings. The van der Waals surface area contributed by atoms with Crippen LogP contribution in [0.25, 0.3) is 0 Å². The van der Waals surface area contributed by atoms with Crippen molar-refractivity contribution in [3.8, 4) is 0 Å². The highest BCUT2D eigenvalue weighted by Gasteiger charge is 2.33. The smallest absolute Gasteiger partial charge is 0.327 e. The van der Waals surface area contributed by atoms with Crippen LogP contribution < -0.4 is 4.31 Å². The van der Waals surface area contributed by atoms with Crippen molar-refractivity contribution < 1.29 is 18.3 Å². The molecule has 2 aromatic carbocycles. The fourth-order valence-corrected chi connectivity index (χ4v) is 3.98. The molecule has 0 bridgehead atoms. The van der Waals surface area contributed by atoms with Gasteiger partial charge in [-0.05, 0) is 55.5 Å². The van der Waals surface area contributed by atoms with Gasteiger partial charge in [0, 0.05) is 9.50 Å². The number of nitrogens with zero attached hydrogens (tertiary/aromatic N) is 1. The van der Waals surface area contributed by atoms with Crippen molar-refractivity contribution in [3.05, 3.63) is 58.0 Å². The van der Waals surface area contributed by atoms with Crippen LogP contribution in [0.3, 0.4) is 0 Å². The maximum Gasteiger partial charge on any atom is 0.327 e. The second kappa shape index (κ2) is 6.90. The van der Waals surface area contributed by atoms with Gasteiger partial charge in [-0.15, -0.1) is 0 Å². The Morgan fingerprint density at radius 3 is 2.13 bits per heavy atom. The van der Waals surface area contributed by atoms with E-state index >= 15 is 0 Å². The first kappa shape index (κ1) is 17.8. The van der Waals surface area contributed by atoms with E-state index < -0.39 is 22.0 Å². The molecule has 122 valence electrons. The number of sulfonamides is 1. The molecule has 0 aliphatic carbocycles. The van der Waals surface area contributed by atoms with Crippen LogP contribution >= 0.6 is 27.5 Å². The molecule has 0 radical (unpaired) electrons. The summed E-state index contributed by atoms with van der Waals surface area (Å²) in [5, 5.41) is 9.68. The van der Waals surface area contributed by atoms with E-state index in [1.165, 1.54) is 43.3 Å². The van der Waals surface area contributed by atoms with E-state index in [1.807, 2.05) is 0 Å². The molecule has 0 amide bonds. The van der Waals surface area contributed by atoms with E-state index in [0.29, 0.717) is 5.02 Å². The summed E-state index contributed by atoms with van der Waals surface area (Å²) < 4.78 is 27.4. The number of carboxylic acids is 1. The van der Waals surface area contributed by atoms with Gasteiger partial charge in [0.1, 0.15) is 6.04 Å².